The molecule has 0 aliphatic carbocycles. The Balaban J connectivity index is 2.90. The molecule has 0 bridgehead atoms. The van der Waals surface area contributed by atoms with Gasteiger partial charge < -0.3 is 5.73 Å². The van der Waals surface area contributed by atoms with Gasteiger partial charge >= 0.3 is 0 Å². The van der Waals surface area contributed by atoms with E-state index in [0.29, 0.717) is 5.92 Å². The summed E-state index contributed by atoms with van der Waals surface area (Å²) in [5.41, 5.74) is 8.24. The lowest BCUT2D eigenvalue weighted by molar-refractivity contribution is 0.794. The van der Waals surface area contributed by atoms with Crippen LogP contribution in [-0.4, -0.2) is 12.4 Å². The Labute approximate surface area is 61.8 Å². The third-order valence-electron chi connectivity index (χ3n) is 1.80. The molecule has 0 saturated carbocycles. The maximum absolute atomic E-state index is 5.66. The van der Waals surface area contributed by atoms with E-state index in [9.17, 15) is 0 Å². The number of nitrogens with zero attached hydrogens (tertiary/aromatic N) is 1. The first-order valence-corrected chi connectivity index (χ1v) is 3.63. The highest BCUT2D eigenvalue weighted by Gasteiger charge is 2.15. The zero-order valence-electron chi connectivity index (χ0n) is 6.81. The molecule has 0 spiro atoms. The number of hydrogen-bond donors (Lipinski definition) is 1. The van der Waals surface area contributed by atoms with Crippen molar-refractivity contribution in [3.63, 3.8) is 0 Å². The van der Waals surface area contributed by atoms with Gasteiger partial charge in [0, 0.05) is 0 Å². The minimum Gasteiger partial charge on any atom is -0.384 e. The van der Waals surface area contributed by atoms with Crippen LogP contribution in [0.25, 0.3) is 0 Å². The molecular formula is C8H14N2. The molecule has 0 radical (unpaired) electrons. The van der Waals surface area contributed by atoms with Crippen LogP contribution in [0, 0.1) is 5.92 Å². The SMILES string of the molecule is CC1=C(C(C)C)C(N)=NC1. The van der Waals surface area contributed by atoms with Crippen LogP contribution in [0.2, 0.25) is 0 Å². The van der Waals surface area contributed by atoms with Crippen molar-refractivity contribution in [3.05, 3.63) is 11.1 Å². The Morgan fingerprint density at radius 1 is 1.50 bits per heavy atom. The molecule has 10 heavy (non-hydrogen) atoms. The number of hydrogen-bond acceptors (Lipinski definition) is 2. The Bertz CT molecular complexity index is 199. The highest BCUT2D eigenvalue weighted by Crippen LogP contribution is 2.19. The van der Waals surface area contributed by atoms with Gasteiger partial charge in [-0.3, -0.25) is 4.99 Å². The molecule has 1 aliphatic heterocycles. The second-order valence-electron chi connectivity index (χ2n) is 3.05. The summed E-state index contributed by atoms with van der Waals surface area (Å²) in [6.07, 6.45) is 0. The standard InChI is InChI=1S/C8H14N2/c1-5(2)7-6(3)4-10-8(7)9/h5H,4H2,1-3H3,(H2,9,10). The van der Waals surface area contributed by atoms with Gasteiger partial charge in [0.1, 0.15) is 5.84 Å². The quantitative estimate of drug-likeness (QED) is 0.583. The molecule has 0 aromatic carbocycles. The summed E-state index contributed by atoms with van der Waals surface area (Å²) < 4.78 is 0. The van der Waals surface area contributed by atoms with E-state index in [0.717, 1.165) is 12.4 Å². The van der Waals surface area contributed by atoms with E-state index in [1.807, 2.05) is 0 Å². The summed E-state index contributed by atoms with van der Waals surface area (Å²) in [5, 5.41) is 0. The van der Waals surface area contributed by atoms with Crippen molar-refractivity contribution < 1.29 is 0 Å². The average Bonchev–Trinajstić information content (AvgIpc) is 2.11. The first-order chi connectivity index (χ1) is 4.63. The van der Waals surface area contributed by atoms with Crippen molar-refractivity contribution in [1.82, 2.24) is 0 Å². The zero-order valence-corrected chi connectivity index (χ0v) is 6.81. The second-order valence-corrected chi connectivity index (χ2v) is 3.05. The predicted octanol–water partition coefficient (Wildman–Crippen LogP) is 1.33. The lowest BCUT2D eigenvalue weighted by Gasteiger charge is -2.07. The normalized spacial score (nSPS) is 18.6. The van der Waals surface area contributed by atoms with Gasteiger partial charge in [-0.15, -0.1) is 0 Å². The molecule has 0 amide bonds. The largest absolute Gasteiger partial charge is 0.384 e. The summed E-state index contributed by atoms with van der Waals surface area (Å²) in [6, 6.07) is 0. The van der Waals surface area contributed by atoms with Crippen molar-refractivity contribution in [2.45, 2.75) is 20.8 Å². The summed E-state index contributed by atoms with van der Waals surface area (Å²) in [6.45, 7) is 7.19. The first-order valence-electron chi connectivity index (χ1n) is 3.63. The van der Waals surface area contributed by atoms with Gasteiger partial charge in [0.05, 0.1) is 6.54 Å². The minimum absolute atomic E-state index is 0.520. The van der Waals surface area contributed by atoms with E-state index < -0.39 is 0 Å². The second kappa shape index (κ2) is 2.45. The van der Waals surface area contributed by atoms with Gasteiger partial charge in [-0.25, -0.2) is 0 Å². The van der Waals surface area contributed by atoms with E-state index in [1.165, 1.54) is 11.1 Å². The number of amidine groups is 1. The molecular weight excluding hydrogens is 124 g/mol. The third kappa shape index (κ3) is 1.06. The summed E-state index contributed by atoms with van der Waals surface area (Å²) in [4.78, 5) is 4.14. The van der Waals surface area contributed by atoms with Crippen LogP contribution >= 0.6 is 0 Å². The highest BCUT2D eigenvalue weighted by molar-refractivity contribution is 5.99. The lowest BCUT2D eigenvalue weighted by atomic mass is 9.99. The van der Waals surface area contributed by atoms with Crippen molar-refractivity contribution in [2.24, 2.45) is 16.6 Å². The van der Waals surface area contributed by atoms with Gasteiger partial charge in [0.15, 0.2) is 0 Å². The van der Waals surface area contributed by atoms with Crippen LogP contribution in [0.15, 0.2) is 16.1 Å². The molecule has 2 nitrogen and oxygen atoms in total. The van der Waals surface area contributed by atoms with Gasteiger partial charge in [-0.05, 0) is 24.0 Å². The Kier molecular flexibility index (Phi) is 1.79. The van der Waals surface area contributed by atoms with E-state index in [-0.39, 0.29) is 0 Å². The highest BCUT2D eigenvalue weighted by atomic mass is 14.9. The maximum Gasteiger partial charge on any atom is 0.122 e. The van der Waals surface area contributed by atoms with Crippen LogP contribution in [0.3, 0.4) is 0 Å². The zero-order chi connectivity index (χ0) is 7.72. The van der Waals surface area contributed by atoms with Gasteiger partial charge in [0.25, 0.3) is 0 Å². The van der Waals surface area contributed by atoms with E-state index >= 15 is 0 Å². The van der Waals surface area contributed by atoms with Crippen LogP contribution in [-0.2, 0) is 0 Å². The molecule has 1 aliphatic rings. The molecule has 0 aromatic heterocycles. The lowest BCUT2D eigenvalue weighted by Crippen LogP contribution is -2.16. The smallest absolute Gasteiger partial charge is 0.122 e. The van der Waals surface area contributed by atoms with Gasteiger partial charge in [-0.1, -0.05) is 13.8 Å². The minimum atomic E-state index is 0.520. The van der Waals surface area contributed by atoms with E-state index in [4.69, 9.17) is 5.73 Å². The van der Waals surface area contributed by atoms with Crippen LogP contribution < -0.4 is 5.73 Å². The molecule has 2 heteroatoms. The fourth-order valence-electron chi connectivity index (χ4n) is 1.38. The van der Waals surface area contributed by atoms with Crippen LogP contribution in [0.5, 0.6) is 0 Å². The summed E-state index contributed by atoms with van der Waals surface area (Å²) in [5.74, 6) is 1.26. The van der Waals surface area contributed by atoms with Crippen molar-refractivity contribution >= 4 is 5.84 Å². The monoisotopic (exact) mass is 138 g/mol. The van der Waals surface area contributed by atoms with Crippen molar-refractivity contribution in [1.29, 1.82) is 0 Å². The predicted molar refractivity (Wildman–Crippen MR) is 44.0 cm³/mol. The molecule has 1 rings (SSSR count). The first kappa shape index (κ1) is 7.32. The molecule has 0 saturated heterocycles. The van der Waals surface area contributed by atoms with Crippen molar-refractivity contribution in [2.75, 3.05) is 6.54 Å². The molecule has 0 unspecified atom stereocenters. The summed E-state index contributed by atoms with van der Waals surface area (Å²) >= 11 is 0. The van der Waals surface area contributed by atoms with E-state index in [1.54, 1.807) is 0 Å². The fraction of sp³-hybridized carbons (Fsp3) is 0.625. The number of nitrogens with two attached hydrogens (primary N) is 1. The Morgan fingerprint density at radius 2 is 2.10 bits per heavy atom. The van der Waals surface area contributed by atoms with Crippen LogP contribution in [0.4, 0.5) is 0 Å². The fourth-order valence-corrected chi connectivity index (χ4v) is 1.38. The molecule has 0 atom stereocenters. The summed E-state index contributed by atoms with van der Waals surface area (Å²) in [7, 11) is 0. The van der Waals surface area contributed by atoms with Crippen molar-refractivity contribution in [3.8, 4) is 0 Å². The Morgan fingerprint density at radius 3 is 2.30 bits per heavy atom. The third-order valence-corrected chi connectivity index (χ3v) is 1.80. The molecule has 0 aromatic rings. The average molecular weight is 138 g/mol. The number of rotatable bonds is 1. The molecule has 2 N–H and O–H groups in total. The maximum atomic E-state index is 5.66. The topological polar surface area (TPSA) is 38.4 Å². The van der Waals surface area contributed by atoms with Gasteiger partial charge in [0.2, 0.25) is 0 Å². The number of aliphatic imine (C=N–C) groups is 1. The Hall–Kier alpha value is -0.790. The molecule has 1 heterocycles. The van der Waals surface area contributed by atoms with Gasteiger partial charge in [-0.2, -0.15) is 0 Å². The molecule has 56 valence electrons. The van der Waals surface area contributed by atoms with E-state index in [2.05, 4.69) is 25.8 Å². The molecule has 0 fully saturated rings. The van der Waals surface area contributed by atoms with Crippen LogP contribution in [0.1, 0.15) is 20.8 Å².